The second-order valence-electron chi connectivity index (χ2n) is 4.39. The molecule has 1 fully saturated rings. The van der Waals surface area contributed by atoms with Gasteiger partial charge in [-0.3, -0.25) is 9.89 Å². The molecule has 0 radical (unpaired) electrons. The second kappa shape index (κ2) is 4.13. The molecule has 3 heterocycles. The summed E-state index contributed by atoms with van der Waals surface area (Å²) in [6.45, 7) is 1.58. The fourth-order valence-electron chi connectivity index (χ4n) is 2.39. The highest BCUT2D eigenvalue weighted by atomic mass is 32.2. The van der Waals surface area contributed by atoms with Gasteiger partial charge in [-0.2, -0.15) is 5.10 Å². The van der Waals surface area contributed by atoms with E-state index in [1.807, 2.05) is 22.9 Å². The fraction of sp³-hybridized carbons (Fsp3) is 0.636. The van der Waals surface area contributed by atoms with E-state index in [4.69, 9.17) is 0 Å². The van der Waals surface area contributed by atoms with Crippen molar-refractivity contribution in [2.75, 3.05) is 12.3 Å². The van der Waals surface area contributed by atoms with Crippen LogP contribution in [0.3, 0.4) is 0 Å². The van der Waals surface area contributed by atoms with Crippen molar-refractivity contribution in [1.29, 1.82) is 0 Å². The SMILES string of the molecule is O=C(C1CCCS1)N1CCc2[nH]ncc2C1. The number of nitrogens with zero attached hydrogens (tertiary/aromatic N) is 2. The Morgan fingerprint density at radius 3 is 3.38 bits per heavy atom. The van der Waals surface area contributed by atoms with Crippen molar-refractivity contribution < 1.29 is 4.79 Å². The van der Waals surface area contributed by atoms with Crippen LogP contribution in [0.5, 0.6) is 0 Å². The van der Waals surface area contributed by atoms with Crippen molar-refractivity contribution >= 4 is 17.7 Å². The number of amides is 1. The van der Waals surface area contributed by atoms with Crippen molar-refractivity contribution in [3.8, 4) is 0 Å². The standard InChI is InChI=1S/C11H15N3OS/c15-11(10-2-1-5-16-10)14-4-3-9-8(7-14)6-12-13-9/h6,10H,1-5,7H2,(H,12,13). The van der Waals surface area contributed by atoms with Crippen LogP contribution in [-0.2, 0) is 17.8 Å². The zero-order valence-corrected chi connectivity index (χ0v) is 9.92. The molecule has 1 N–H and O–H groups in total. The molecular weight excluding hydrogens is 222 g/mol. The number of nitrogens with one attached hydrogen (secondary N) is 1. The van der Waals surface area contributed by atoms with E-state index in [0.29, 0.717) is 5.91 Å². The van der Waals surface area contributed by atoms with Gasteiger partial charge in [0.2, 0.25) is 5.91 Å². The van der Waals surface area contributed by atoms with Gasteiger partial charge >= 0.3 is 0 Å². The summed E-state index contributed by atoms with van der Waals surface area (Å²) in [7, 11) is 0. The zero-order valence-electron chi connectivity index (χ0n) is 9.11. The Hall–Kier alpha value is -0.970. The van der Waals surface area contributed by atoms with E-state index in [0.717, 1.165) is 31.7 Å². The molecule has 0 bridgehead atoms. The summed E-state index contributed by atoms with van der Waals surface area (Å²) < 4.78 is 0. The lowest BCUT2D eigenvalue weighted by atomic mass is 10.1. The molecule has 1 amide bonds. The molecule has 1 saturated heterocycles. The van der Waals surface area contributed by atoms with Gasteiger partial charge in [0, 0.05) is 30.8 Å². The third-order valence-corrected chi connectivity index (χ3v) is 4.68. The number of hydrogen-bond acceptors (Lipinski definition) is 3. The number of H-pyrrole nitrogens is 1. The van der Waals surface area contributed by atoms with Crippen LogP contribution in [0.4, 0.5) is 0 Å². The van der Waals surface area contributed by atoms with Crippen molar-refractivity contribution in [1.82, 2.24) is 15.1 Å². The molecule has 0 saturated carbocycles. The van der Waals surface area contributed by atoms with E-state index < -0.39 is 0 Å². The van der Waals surface area contributed by atoms with Crippen molar-refractivity contribution in [2.45, 2.75) is 31.1 Å². The van der Waals surface area contributed by atoms with Gasteiger partial charge in [-0.15, -0.1) is 11.8 Å². The lowest BCUT2D eigenvalue weighted by Crippen LogP contribution is -2.40. The van der Waals surface area contributed by atoms with Crippen LogP contribution in [0.1, 0.15) is 24.1 Å². The quantitative estimate of drug-likeness (QED) is 0.798. The minimum absolute atomic E-state index is 0.216. The maximum atomic E-state index is 12.2. The Morgan fingerprint density at radius 1 is 1.62 bits per heavy atom. The molecule has 16 heavy (non-hydrogen) atoms. The first-order chi connectivity index (χ1) is 7.84. The van der Waals surface area contributed by atoms with Crippen molar-refractivity contribution in [3.05, 3.63) is 17.5 Å². The zero-order chi connectivity index (χ0) is 11.0. The number of rotatable bonds is 1. The van der Waals surface area contributed by atoms with Crippen LogP contribution in [-0.4, -0.2) is 38.6 Å². The summed E-state index contributed by atoms with van der Waals surface area (Å²) in [6, 6.07) is 0. The van der Waals surface area contributed by atoms with Gasteiger partial charge in [0.15, 0.2) is 0 Å². The molecule has 0 aliphatic carbocycles. The monoisotopic (exact) mass is 237 g/mol. The topological polar surface area (TPSA) is 49.0 Å². The van der Waals surface area contributed by atoms with Crippen LogP contribution in [0.2, 0.25) is 0 Å². The molecule has 1 atom stereocenters. The molecular formula is C11H15N3OS. The van der Waals surface area contributed by atoms with Crippen LogP contribution in [0, 0.1) is 0 Å². The maximum absolute atomic E-state index is 12.2. The lowest BCUT2D eigenvalue weighted by molar-refractivity contribution is -0.131. The van der Waals surface area contributed by atoms with Gasteiger partial charge in [0.1, 0.15) is 0 Å². The van der Waals surface area contributed by atoms with Crippen LogP contribution in [0.25, 0.3) is 0 Å². The number of fused-ring (bicyclic) bond motifs is 1. The molecule has 0 spiro atoms. The Kier molecular flexibility index (Phi) is 2.63. The van der Waals surface area contributed by atoms with Gasteiger partial charge in [-0.1, -0.05) is 0 Å². The molecule has 1 unspecified atom stereocenters. The third kappa shape index (κ3) is 1.73. The predicted molar refractivity (Wildman–Crippen MR) is 63.2 cm³/mol. The van der Waals surface area contributed by atoms with Gasteiger partial charge < -0.3 is 4.90 Å². The average Bonchev–Trinajstić information content (AvgIpc) is 2.98. The number of thioether (sulfide) groups is 1. The van der Waals surface area contributed by atoms with E-state index in [2.05, 4.69) is 10.2 Å². The van der Waals surface area contributed by atoms with Gasteiger partial charge in [0.05, 0.1) is 11.4 Å². The van der Waals surface area contributed by atoms with E-state index in [1.165, 1.54) is 17.7 Å². The summed E-state index contributed by atoms with van der Waals surface area (Å²) in [5.74, 6) is 1.47. The molecule has 1 aromatic rings. The van der Waals surface area contributed by atoms with E-state index in [9.17, 15) is 4.79 Å². The Morgan fingerprint density at radius 2 is 2.56 bits per heavy atom. The molecule has 5 heteroatoms. The summed E-state index contributed by atoms with van der Waals surface area (Å²) in [5, 5.41) is 7.24. The normalized spacial score (nSPS) is 24.5. The van der Waals surface area contributed by atoms with Crippen LogP contribution >= 0.6 is 11.8 Å². The van der Waals surface area contributed by atoms with Gasteiger partial charge in [-0.05, 0) is 18.6 Å². The highest BCUT2D eigenvalue weighted by Gasteiger charge is 2.30. The smallest absolute Gasteiger partial charge is 0.236 e. The van der Waals surface area contributed by atoms with Gasteiger partial charge in [-0.25, -0.2) is 0 Å². The highest BCUT2D eigenvalue weighted by Crippen LogP contribution is 2.29. The lowest BCUT2D eigenvalue weighted by Gasteiger charge is -2.28. The second-order valence-corrected chi connectivity index (χ2v) is 5.70. The minimum atomic E-state index is 0.216. The molecule has 1 aromatic heterocycles. The summed E-state index contributed by atoms with van der Waals surface area (Å²) >= 11 is 1.81. The Balaban J connectivity index is 1.71. The number of aromatic nitrogens is 2. The summed E-state index contributed by atoms with van der Waals surface area (Å²) in [4.78, 5) is 14.2. The minimum Gasteiger partial charge on any atom is -0.337 e. The predicted octanol–water partition coefficient (Wildman–Crippen LogP) is 1.19. The highest BCUT2D eigenvalue weighted by molar-refractivity contribution is 8.00. The Labute approximate surface area is 98.8 Å². The summed E-state index contributed by atoms with van der Waals surface area (Å²) in [5.41, 5.74) is 2.38. The molecule has 0 aromatic carbocycles. The first-order valence-electron chi connectivity index (χ1n) is 5.76. The molecule has 2 aliphatic heterocycles. The van der Waals surface area contributed by atoms with Crippen molar-refractivity contribution in [2.24, 2.45) is 0 Å². The maximum Gasteiger partial charge on any atom is 0.236 e. The van der Waals surface area contributed by atoms with E-state index in [-0.39, 0.29) is 5.25 Å². The Bertz CT molecular complexity index is 398. The molecule has 4 nitrogen and oxygen atoms in total. The van der Waals surface area contributed by atoms with Crippen molar-refractivity contribution in [3.63, 3.8) is 0 Å². The molecule has 2 aliphatic rings. The number of hydrogen-bond donors (Lipinski definition) is 1. The van der Waals surface area contributed by atoms with Crippen LogP contribution in [0.15, 0.2) is 6.20 Å². The van der Waals surface area contributed by atoms with Gasteiger partial charge in [0.25, 0.3) is 0 Å². The molecule has 3 rings (SSSR count). The fourth-order valence-corrected chi connectivity index (χ4v) is 3.63. The molecule has 86 valence electrons. The van der Waals surface area contributed by atoms with E-state index in [1.54, 1.807) is 0 Å². The first kappa shape index (κ1) is 10.2. The first-order valence-corrected chi connectivity index (χ1v) is 6.81. The van der Waals surface area contributed by atoms with Crippen LogP contribution < -0.4 is 0 Å². The summed E-state index contributed by atoms with van der Waals surface area (Å²) in [6.07, 6.45) is 5.00. The average molecular weight is 237 g/mol. The van der Waals surface area contributed by atoms with E-state index >= 15 is 0 Å². The number of carbonyl (C=O) groups excluding carboxylic acids is 1. The number of carbonyl (C=O) groups is 1. The largest absolute Gasteiger partial charge is 0.337 e. The number of aromatic amines is 1. The third-order valence-electron chi connectivity index (χ3n) is 3.32.